The number of benzene rings is 1. The van der Waals surface area contributed by atoms with E-state index in [-0.39, 0.29) is 4.90 Å². The summed E-state index contributed by atoms with van der Waals surface area (Å²) in [6.45, 7) is 4.60. The molecule has 1 aromatic carbocycles. The van der Waals surface area contributed by atoms with Crippen molar-refractivity contribution in [2.45, 2.75) is 18.2 Å². The van der Waals surface area contributed by atoms with Crippen LogP contribution in [0.5, 0.6) is 0 Å². The molecule has 0 fully saturated rings. The minimum absolute atomic E-state index is 0.142. The molecule has 17 heavy (non-hydrogen) atoms. The Labute approximate surface area is 102 Å². The van der Waals surface area contributed by atoms with Crippen molar-refractivity contribution >= 4 is 15.7 Å². The van der Waals surface area contributed by atoms with Gasteiger partial charge in [0, 0.05) is 6.54 Å². The summed E-state index contributed by atoms with van der Waals surface area (Å²) in [5, 5.41) is 11.4. The Balaban J connectivity index is 2.59. The van der Waals surface area contributed by atoms with E-state index in [2.05, 4.69) is 10.6 Å². The number of rotatable bonds is 7. The summed E-state index contributed by atoms with van der Waals surface area (Å²) in [6, 6.07) is 6.65. The zero-order valence-electron chi connectivity index (χ0n) is 9.94. The third kappa shape index (κ3) is 4.72. The van der Waals surface area contributed by atoms with Gasteiger partial charge in [-0.15, -0.1) is 0 Å². The fraction of sp³-hybridized carbons (Fsp3) is 0.455. The van der Waals surface area contributed by atoms with Gasteiger partial charge in [-0.3, -0.25) is 0 Å². The molecule has 0 heterocycles. The van der Waals surface area contributed by atoms with Crippen LogP contribution in [-0.4, -0.2) is 28.1 Å². The van der Waals surface area contributed by atoms with Crippen molar-refractivity contribution in [1.29, 1.82) is 0 Å². The minimum atomic E-state index is -3.66. The quantitative estimate of drug-likeness (QED) is 0.629. The number of sulfonamides is 1. The first-order valence-corrected chi connectivity index (χ1v) is 7.16. The lowest BCUT2D eigenvalue weighted by molar-refractivity contribution is 0.598. The van der Waals surface area contributed by atoms with E-state index in [1.54, 1.807) is 18.2 Å². The average molecular weight is 257 g/mol. The van der Waals surface area contributed by atoms with Crippen LogP contribution in [-0.2, 0) is 10.0 Å². The van der Waals surface area contributed by atoms with E-state index in [4.69, 9.17) is 5.14 Å². The third-order valence-electron chi connectivity index (χ3n) is 2.29. The molecule has 6 heteroatoms. The summed E-state index contributed by atoms with van der Waals surface area (Å²) in [5.74, 6) is 0. The first-order chi connectivity index (χ1) is 8.05. The van der Waals surface area contributed by atoms with Crippen LogP contribution >= 0.6 is 0 Å². The minimum Gasteiger partial charge on any atom is -0.384 e. The van der Waals surface area contributed by atoms with E-state index in [0.717, 1.165) is 19.5 Å². The molecule has 0 unspecified atom stereocenters. The summed E-state index contributed by atoms with van der Waals surface area (Å²) in [4.78, 5) is 0.142. The number of anilines is 1. The smallest absolute Gasteiger partial charge is 0.240 e. The number of nitrogens with one attached hydrogen (secondary N) is 2. The summed E-state index contributed by atoms with van der Waals surface area (Å²) in [7, 11) is -3.66. The van der Waals surface area contributed by atoms with E-state index in [9.17, 15) is 8.42 Å². The van der Waals surface area contributed by atoms with Crippen LogP contribution in [0.4, 0.5) is 5.69 Å². The maximum atomic E-state index is 11.3. The van der Waals surface area contributed by atoms with Crippen molar-refractivity contribution in [3.8, 4) is 0 Å². The Hall–Kier alpha value is -1.11. The van der Waals surface area contributed by atoms with Gasteiger partial charge in [0.25, 0.3) is 0 Å². The molecule has 4 N–H and O–H groups in total. The van der Waals surface area contributed by atoms with Crippen LogP contribution in [0.2, 0.25) is 0 Å². The molecule has 0 aliphatic carbocycles. The molecule has 0 radical (unpaired) electrons. The van der Waals surface area contributed by atoms with E-state index >= 15 is 0 Å². The molecule has 0 aliphatic rings. The van der Waals surface area contributed by atoms with Crippen LogP contribution in [0.1, 0.15) is 13.3 Å². The second kappa shape index (κ2) is 6.58. The first kappa shape index (κ1) is 14.0. The molecule has 0 atom stereocenters. The van der Waals surface area contributed by atoms with Crippen molar-refractivity contribution in [2.24, 2.45) is 5.14 Å². The lowest BCUT2D eigenvalue weighted by Gasteiger charge is -2.10. The molecular formula is C11H19N3O2S. The van der Waals surface area contributed by atoms with Crippen molar-refractivity contribution in [2.75, 3.05) is 25.0 Å². The molecular weight excluding hydrogens is 238 g/mol. The maximum Gasteiger partial charge on any atom is 0.240 e. The van der Waals surface area contributed by atoms with Gasteiger partial charge in [-0.25, -0.2) is 13.6 Å². The molecule has 5 nitrogen and oxygen atoms in total. The number of nitrogens with two attached hydrogens (primary N) is 1. The van der Waals surface area contributed by atoms with E-state index in [0.29, 0.717) is 12.2 Å². The third-order valence-corrected chi connectivity index (χ3v) is 3.26. The van der Waals surface area contributed by atoms with Crippen molar-refractivity contribution in [3.05, 3.63) is 24.3 Å². The van der Waals surface area contributed by atoms with Crippen LogP contribution < -0.4 is 15.8 Å². The monoisotopic (exact) mass is 257 g/mol. The molecule has 1 rings (SSSR count). The van der Waals surface area contributed by atoms with Crippen LogP contribution in [0.3, 0.4) is 0 Å². The molecule has 0 aromatic heterocycles. The lowest BCUT2D eigenvalue weighted by atomic mass is 10.3. The molecule has 1 aromatic rings. The number of hydrogen-bond donors (Lipinski definition) is 3. The Morgan fingerprint density at radius 2 is 1.94 bits per heavy atom. The van der Waals surface area contributed by atoms with E-state index < -0.39 is 10.0 Å². The highest BCUT2D eigenvalue weighted by Gasteiger charge is 2.12. The molecule has 0 spiro atoms. The van der Waals surface area contributed by atoms with Crippen LogP contribution in [0.15, 0.2) is 29.2 Å². The van der Waals surface area contributed by atoms with Crippen molar-refractivity contribution in [1.82, 2.24) is 5.32 Å². The van der Waals surface area contributed by atoms with Crippen molar-refractivity contribution < 1.29 is 8.42 Å². The van der Waals surface area contributed by atoms with Gasteiger partial charge in [-0.05, 0) is 31.6 Å². The lowest BCUT2D eigenvalue weighted by Crippen LogP contribution is -2.19. The van der Waals surface area contributed by atoms with Gasteiger partial charge in [0.1, 0.15) is 4.90 Å². The van der Waals surface area contributed by atoms with Gasteiger partial charge in [0.05, 0.1) is 5.69 Å². The second-order valence-electron chi connectivity index (χ2n) is 3.68. The zero-order chi connectivity index (χ0) is 12.7. The maximum absolute atomic E-state index is 11.3. The second-order valence-corrected chi connectivity index (χ2v) is 5.20. The van der Waals surface area contributed by atoms with Crippen LogP contribution in [0.25, 0.3) is 0 Å². The van der Waals surface area contributed by atoms with Crippen molar-refractivity contribution in [3.63, 3.8) is 0 Å². The standard InChI is InChI=1S/C11H19N3O2S/c1-2-13-8-5-9-14-10-6-3-4-7-11(10)17(12,15)16/h3-4,6-7,13-14H,2,5,8-9H2,1H3,(H2,12,15,16). The predicted molar refractivity (Wildman–Crippen MR) is 69.5 cm³/mol. The topological polar surface area (TPSA) is 84.2 Å². The Bertz CT molecular complexity index is 446. The number of hydrogen-bond acceptors (Lipinski definition) is 4. The fourth-order valence-electron chi connectivity index (χ4n) is 1.47. The van der Waals surface area contributed by atoms with Gasteiger partial charge >= 0.3 is 0 Å². The first-order valence-electron chi connectivity index (χ1n) is 5.62. The Kier molecular flexibility index (Phi) is 5.40. The molecule has 96 valence electrons. The molecule has 0 saturated heterocycles. The fourth-order valence-corrected chi connectivity index (χ4v) is 2.19. The summed E-state index contributed by atoms with van der Waals surface area (Å²) < 4.78 is 22.6. The summed E-state index contributed by atoms with van der Waals surface area (Å²) in [6.07, 6.45) is 0.923. The van der Waals surface area contributed by atoms with E-state index in [1.807, 2.05) is 6.92 Å². The summed E-state index contributed by atoms with van der Waals surface area (Å²) in [5.41, 5.74) is 0.562. The number of para-hydroxylation sites is 1. The average Bonchev–Trinajstić information content (AvgIpc) is 2.28. The highest BCUT2D eigenvalue weighted by molar-refractivity contribution is 7.89. The van der Waals surface area contributed by atoms with Gasteiger partial charge < -0.3 is 10.6 Å². The molecule has 0 bridgehead atoms. The van der Waals surface area contributed by atoms with Gasteiger partial charge in [-0.1, -0.05) is 19.1 Å². The Morgan fingerprint density at radius 3 is 2.59 bits per heavy atom. The molecule has 0 amide bonds. The predicted octanol–water partition coefficient (Wildman–Crippen LogP) is 0.746. The highest BCUT2D eigenvalue weighted by Crippen LogP contribution is 2.18. The highest BCUT2D eigenvalue weighted by atomic mass is 32.2. The zero-order valence-corrected chi connectivity index (χ0v) is 10.8. The number of primary sulfonamides is 1. The van der Waals surface area contributed by atoms with Crippen LogP contribution in [0, 0.1) is 0 Å². The normalized spacial score (nSPS) is 11.4. The largest absolute Gasteiger partial charge is 0.384 e. The summed E-state index contributed by atoms with van der Waals surface area (Å²) >= 11 is 0. The molecule has 0 aliphatic heterocycles. The van der Waals surface area contributed by atoms with Gasteiger partial charge in [0.15, 0.2) is 0 Å². The SMILES string of the molecule is CCNCCCNc1ccccc1S(N)(=O)=O. The van der Waals surface area contributed by atoms with E-state index in [1.165, 1.54) is 6.07 Å². The Morgan fingerprint density at radius 1 is 1.24 bits per heavy atom. The van der Waals surface area contributed by atoms with Gasteiger partial charge in [-0.2, -0.15) is 0 Å². The van der Waals surface area contributed by atoms with Gasteiger partial charge in [0.2, 0.25) is 10.0 Å². The molecule has 0 saturated carbocycles.